The van der Waals surface area contributed by atoms with Gasteiger partial charge >= 0.3 is 0 Å². The molecule has 18 heavy (non-hydrogen) atoms. The number of carbonyl (C=O) groups is 1. The van der Waals surface area contributed by atoms with E-state index >= 15 is 0 Å². The summed E-state index contributed by atoms with van der Waals surface area (Å²) in [7, 11) is 0. The van der Waals surface area contributed by atoms with Crippen LogP contribution in [-0.2, 0) is 9.53 Å². The zero-order chi connectivity index (χ0) is 12.8. The van der Waals surface area contributed by atoms with Gasteiger partial charge in [-0.3, -0.25) is 9.69 Å². The number of hydrogen-bond donors (Lipinski definition) is 2. The van der Waals surface area contributed by atoms with Crippen LogP contribution in [0.2, 0.25) is 0 Å². The predicted molar refractivity (Wildman–Crippen MR) is 68.3 cm³/mol. The molecule has 0 spiro atoms. The first-order chi connectivity index (χ1) is 8.79. The number of nitrogens with zero attached hydrogens (tertiary/aromatic N) is 1. The van der Waals surface area contributed by atoms with E-state index in [0.717, 1.165) is 32.3 Å². The highest BCUT2D eigenvalue weighted by molar-refractivity contribution is 5.78. The Morgan fingerprint density at radius 3 is 2.72 bits per heavy atom. The van der Waals surface area contributed by atoms with Gasteiger partial charge in [0.25, 0.3) is 0 Å². The first-order valence-corrected chi connectivity index (χ1v) is 7.03. The van der Waals surface area contributed by atoms with Gasteiger partial charge in [0.05, 0.1) is 19.3 Å². The number of nitrogens with one attached hydrogen (secondary N) is 1. The van der Waals surface area contributed by atoms with Crippen molar-refractivity contribution in [1.82, 2.24) is 10.2 Å². The fraction of sp³-hybridized carbons (Fsp3) is 0.923. The van der Waals surface area contributed by atoms with Crippen molar-refractivity contribution < 1.29 is 14.6 Å². The minimum Gasteiger partial charge on any atom is -0.395 e. The van der Waals surface area contributed by atoms with E-state index in [2.05, 4.69) is 10.2 Å². The van der Waals surface area contributed by atoms with Gasteiger partial charge in [-0.15, -0.1) is 0 Å². The zero-order valence-electron chi connectivity index (χ0n) is 10.9. The third-order valence-electron chi connectivity index (χ3n) is 3.88. The molecule has 1 aliphatic carbocycles. The van der Waals surface area contributed by atoms with E-state index in [1.165, 1.54) is 6.42 Å². The molecule has 2 rings (SSSR count). The summed E-state index contributed by atoms with van der Waals surface area (Å²) >= 11 is 0. The van der Waals surface area contributed by atoms with Crippen LogP contribution in [0.5, 0.6) is 0 Å². The molecule has 1 saturated heterocycles. The Bertz CT molecular complexity index is 263. The van der Waals surface area contributed by atoms with Gasteiger partial charge in [-0.25, -0.2) is 0 Å². The first kappa shape index (κ1) is 13.8. The Hall–Kier alpha value is -0.650. The van der Waals surface area contributed by atoms with Crippen molar-refractivity contribution in [3.05, 3.63) is 0 Å². The maximum atomic E-state index is 11.8. The minimum atomic E-state index is 0.0471. The molecule has 2 N–H and O–H groups in total. The standard InChI is InChI=1S/C13H24N2O3/c16-7-6-15(11-3-1-4-11)10-13(17)14-9-12-5-2-8-18-12/h11-12,16H,1-10H2,(H,14,17). The fourth-order valence-corrected chi connectivity index (χ4v) is 2.54. The van der Waals surface area contributed by atoms with Crippen molar-refractivity contribution in [3.8, 4) is 0 Å². The second-order valence-corrected chi connectivity index (χ2v) is 5.22. The number of hydrogen-bond acceptors (Lipinski definition) is 4. The molecule has 1 heterocycles. The minimum absolute atomic E-state index is 0.0471. The summed E-state index contributed by atoms with van der Waals surface area (Å²) < 4.78 is 5.47. The number of amides is 1. The number of rotatable bonds is 7. The van der Waals surface area contributed by atoms with Crippen molar-refractivity contribution in [1.29, 1.82) is 0 Å². The zero-order valence-corrected chi connectivity index (χ0v) is 10.9. The van der Waals surface area contributed by atoms with Crippen LogP contribution in [0.1, 0.15) is 32.1 Å². The molecule has 5 nitrogen and oxygen atoms in total. The van der Waals surface area contributed by atoms with E-state index in [1.54, 1.807) is 0 Å². The van der Waals surface area contributed by atoms with E-state index in [9.17, 15) is 4.79 Å². The number of aliphatic hydroxyl groups is 1. The van der Waals surface area contributed by atoms with Crippen LogP contribution in [0, 0.1) is 0 Å². The number of aliphatic hydroxyl groups excluding tert-OH is 1. The lowest BCUT2D eigenvalue weighted by Crippen LogP contribution is -2.47. The van der Waals surface area contributed by atoms with Crippen molar-refractivity contribution in [2.75, 3.05) is 32.8 Å². The second kappa shape index (κ2) is 7.07. The van der Waals surface area contributed by atoms with E-state index in [4.69, 9.17) is 9.84 Å². The lowest BCUT2D eigenvalue weighted by Gasteiger charge is -2.36. The van der Waals surface area contributed by atoms with Crippen LogP contribution >= 0.6 is 0 Å². The molecule has 1 amide bonds. The maximum absolute atomic E-state index is 11.8. The van der Waals surface area contributed by atoms with Gasteiger partial charge < -0.3 is 15.2 Å². The average Bonchev–Trinajstić information content (AvgIpc) is 2.77. The molecule has 1 aliphatic heterocycles. The molecule has 5 heteroatoms. The largest absolute Gasteiger partial charge is 0.395 e. The van der Waals surface area contributed by atoms with E-state index in [0.29, 0.717) is 25.7 Å². The molecule has 0 radical (unpaired) electrons. The highest BCUT2D eigenvalue weighted by atomic mass is 16.5. The number of carbonyl (C=O) groups excluding carboxylic acids is 1. The molecular weight excluding hydrogens is 232 g/mol. The normalized spacial score (nSPS) is 24.2. The van der Waals surface area contributed by atoms with Crippen LogP contribution < -0.4 is 5.32 Å². The van der Waals surface area contributed by atoms with Crippen LogP contribution in [0.25, 0.3) is 0 Å². The van der Waals surface area contributed by atoms with Gasteiger partial charge in [0.1, 0.15) is 0 Å². The highest BCUT2D eigenvalue weighted by Crippen LogP contribution is 2.24. The van der Waals surface area contributed by atoms with E-state index < -0.39 is 0 Å². The predicted octanol–water partition coefficient (Wildman–Crippen LogP) is 0.128. The Morgan fingerprint density at radius 1 is 1.33 bits per heavy atom. The summed E-state index contributed by atoms with van der Waals surface area (Å²) in [5, 5.41) is 12.0. The molecule has 2 fully saturated rings. The van der Waals surface area contributed by atoms with Crippen LogP contribution in [0.4, 0.5) is 0 Å². The fourth-order valence-electron chi connectivity index (χ4n) is 2.54. The Kier molecular flexibility index (Phi) is 5.41. The van der Waals surface area contributed by atoms with Gasteiger partial charge in [-0.05, 0) is 25.7 Å². The van der Waals surface area contributed by atoms with E-state index in [1.807, 2.05) is 0 Å². The monoisotopic (exact) mass is 256 g/mol. The molecule has 0 aromatic heterocycles. The number of ether oxygens (including phenoxy) is 1. The van der Waals surface area contributed by atoms with Crippen molar-refractivity contribution in [3.63, 3.8) is 0 Å². The summed E-state index contributed by atoms with van der Waals surface area (Å²) in [6, 6.07) is 0.491. The molecule has 1 saturated carbocycles. The summed E-state index contributed by atoms with van der Waals surface area (Å²) in [6.07, 6.45) is 5.88. The van der Waals surface area contributed by atoms with Crippen molar-refractivity contribution in [2.24, 2.45) is 0 Å². The van der Waals surface area contributed by atoms with Gasteiger partial charge in [0.2, 0.25) is 5.91 Å². The lowest BCUT2D eigenvalue weighted by molar-refractivity contribution is -0.123. The highest BCUT2D eigenvalue weighted by Gasteiger charge is 2.26. The molecule has 0 aromatic carbocycles. The molecule has 0 bridgehead atoms. The van der Waals surface area contributed by atoms with Crippen LogP contribution in [0.3, 0.4) is 0 Å². The molecule has 104 valence electrons. The third kappa shape index (κ3) is 3.93. The van der Waals surface area contributed by atoms with E-state index in [-0.39, 0.29) is 18.6 Å². The summed E-state index contributed by atoms with van der Waals surface area (Å²) in [5.74, 6) is 0.0471. The van der Waals surface area contributed by atoms with Gasteiger partial charge in [-0.2, -0.15) is 0 Å². The molecule has 1 unspecified atom stereocenters. The Morgan fingerprint density at radius 2 is 2.17 bits per heavy atom. The SMILES string of the molecule is O=C(CN(CCO)C1CCC1)NCC1CCCO1. The van der Waals surface area contributed by atoms with Crippen molar-refractivity contribution in [2.45, 2.75) is 44.2 Å². The smallest absolute Gasteiger partial charge is 0.234 e. The molecule has 1 atom stereocenters. The molecule has 2 aliphatic rings. The second-order valence-electron chi connectivity index (χ2n) is 5.22. The lowest BCUT2D eigenvalue weighted by atomic mass is 9.91. The first-order valence-electron chi connectivity index (χ1n) is 7.03. The van der Waals surface area contributed by atoms with Crippen molar-refractivity contribution >= 4 is 5.91 Å². The Balaban J connectivity index is 1.66. The Labute approximate surface area is 108 Å². The quantitative estimate of drug-likeness (QED) is 0.679. The topological polar surface area (TPSA) is 61.8 Å². The third-order valence-corrected chi connectivity index (χ3v) is 3.88. The molecule has 0 aromatic rings. The molecular formula is C13H24N2O3. The summed E-state index contributed by atoms with van der Waals surface area (Å²) in [4.78, 5) is 13.9. The summed E-state index contributed by atoms with van der Waals surface area (Å²) in [6.45, 7) is 2.56. The van der Waals surface area contributed by atoms with Crippen LogP contribution in [0.15, 0.2) is 0 Å². The van der Waals surface area contributed by atoms with Gasteiger partial charge in [0, 0.05) is 25.7 Å². The van der Waals surface area contributed by atoms with Crippen LogP contribution in [-0.4, -0.2) is 60.9 Å². The summed E-state index contributed by atoms with van der Waals surface area (Å²) in [5.41, 5.74) is 0. The average molecular weight is 256 g/mol. The maximum Gasteiger partial charge on any atom is 0.234 e. The van der Waals surface area contributed by atoms with Gasteiger partial charge in [0.15, 0.2) is 0 Å². The van der Waals surface area contributed by atoms with Gasteiger partial charge in [-0.1, -0.05) is 6.42 Å².